The summed E-state index contributed by atoms with van der Waals surface area (Å²) in [5, 5.41) is 19.2. The molecule has 0 heterocycles. The molecule has 1 rings (SSSR count). The molecular formula is C21H38O3. The molecule has 4 atom stereocenters. The highest BCUT2D eigenvalue weighted by atomic mass is 16.3. The predicted molar refractivity (Wildman–Crippen MR) is 99.8 cm³/mol. The van der Waals surface area contributed by atoms with Gasteiger partial charge < -0.3 is 10.2 Å². The van der Waals surface area contributed by atoms with Crippen LogP contribution < -0.4 is 0 Å². The zero-order valence-corrected chi connectivity index (χ0v) is 15.8. The third-order valence-corrected chi connectivity index (χ3v) is 5.56. The number of ketones is 1. The minimum Gasteiger partial charge on any atom is -0.396 e. The Bertz CT molecular complexity index is 364. The van der Waals surface area contributed by atoms with Gasteiger partial charge in [0.1, 0.15) is 0 Å². The molecule has 0 bridgehead atoms. The molecule has 0 aromatic rings. The maximum absolute atomic E-state index is 11.9. The van der Waals surface area contributed by atoms with Gasteiger partial charge in [-0.15, -0.1) is 0 Å². The molecule has 1 fully saturated rings. The summed E-state index contributed by atoms with van der Waals surface area (Å²) in [6, 6.07) is 0. The average Bonchev–Trinajstić information content (AvgIpc) is 2.84. The standard InChI is InChI=1S/C21H38O3/c1-3-4-8-12-20(23)14-13-18-16-19(21(24)17(18)2)11-9-6-5-7-10-15-22/h13-14,17-19,21-22,24H,3-12,15-16H2,1-2H3/b14-13+. The fraction of sp³-hybridized carbons (Fsp3) is 0.857. The minimum absolute atomic E-state index is 0.229. The molecule has 1 aliphatic carbocycles. The van der Waals surface area contributed by atoms with Crippen molar-refractivity contribution in [1.29, 1.82) is 0 Å². The Morgan fingerprint density at radius 3 is 2.50 bits per heavy atom. The molecule has 4 unspecified atom stereocenters. The summed E-state index contributed by atoms with van der Waals surface area (Å²) in [7, 11) is 0. The van der Waals surface area contributed by atoms with Crippen molar-refractivity contribution in [2.75, 3.05) is 6.61 Å². The first-order chi connectivity index (χ1) is 11.6. The zero-order valence-electron chi connectivity index (χ0n) is 15.8. The van der Waals surface area contributed by atoms with Crippen LogP contribution in [0.25, 0.3) is 0 Å². The van der Waals surface area contributed by atoms with Crippen LogP contribution in [0.1, 0.15) is 84.5 Å². The van der Waals surface area contributed by atoms with E-state index < -0.39 is 0 Å². The molecule has 0 radical (unpaired) electrons. The van der Waals surface area contributed by atoms with Gasteiger partial charge in [0.05, 0.1) is 6.10 Å². The molecule has 24 heavy (non-hydrogen) atoms. The maximum Gasteiger partial charge on any atom is 0.155 e. The Balaban J connectivity index is 2.29. The highest BCUT2D eigenvalue weighted by Gasteiger charge is 2.37. The second-order valence-electron chi connectivity index (χ2n) is 7.57. The number of allylic oxidation sites excluding steroid dienone is 2. The lowest BCUT2D eigenvalue weighted by atomic mass is 9.95. The van der Waals surface area contributed by atoms with Crippen molar-refractivity contribution >= 4 is 5.78 Å². The number of rotatable bonds is 13. The number of carbonyl (C=O) groups is 1. The molecule has 0 saturated heterocycles. The van der Waals surface area contributed by atoms with Crippen LogP contribution in [0.2, 0.25) is 0 Å². The fourth-order valence-electron chi connectivity index (χ4n) is 3.84. The Morgan fingerprint density at radius 1 is 1.08 bits per heavy atom. The van der Waals surface area contributed by atoms with Crippen LogP contribution in [-0.4, -0.2) is 28.7 Å². The molecular weight excluding hydrogens is 300 g/mol. The van der Waals surface area contributed by atoms with Gasteiger partial charge in [0.25, 0.3) is 0 Å². The Kier molecular flexibility index (Phi) is 11.3. The lowest BCUT2D eigenvalue weighted by Gasteiger charge is -2.17. The lowest BCUT2D eigenvalue weighted by molar-refractivity contribution is -0.114. The third kappa shape index (κ3) is 7.94. The molecule has 140 valence electrons. The van der Waals surface area contributed by atoms with Gasteiger partial charge in [0.15, 0.2) is 5.78 Å². The van der Waals surface area contributed by atoms with Gasteiger partial charge in [-0.3, -0.25) is 4.79 Å². The second kappa shape index (κ2) is 12.7. The van der Waals surface area contributed by atoms with Crippen LogP contribution in [0.4, 0.5) is 0 Å². The number of hydrogen-bond donors (Lipinski definition) is 2. The van der Waals surface area contributed by atoms with E-state index in [0.29, 0.717) is 24.9 Å². The third-order valence-electron chi connectivity index (χ3n) is 5.56. The molecule has 3 heteroatoms. The van der Waals surface area contributed by atoms with Crippen LogP contribution in [0.5, 0.6) is 0 Å². The van der Waals surface area contributed by atoms with E-state index in [1.165, 1.54) is 12.8 Å². The topological polar surface area (TPSA) is 57.5 Å². The number of unbranched alkanes of at least 4 members (excludes halogenated alkanes) is 6. The number of aliphatic hydroxyl groups excluding tert-OH is 2. The summed E-state index contributed by atoms with van der Waals surface area (Å²) in [5.41, 5.74) is 0. The lowest BCUT2D eigenvalue weighted by Crippen LogP contribution is -2.20. The molecule has 0 aromatic carbocycles. The molecule has 0 spiro atoms. The number of hydrogen-bond acceptors (Lipinski definition) is 3. The SMILES string of the molecule is CCCCCC(=O)/C=C/C1CC(CCCCCCCO)C(O)C1C. The molecule has 1 saturated carbocycles. The summed E-state index contributed by atoms with van der Waals surface area (Å²) in [6.07, 6.45) is 15.1. The first-order valence-corrected chi connectivity index (χ1v) is 10.1. The van der Waals surface area contributed by atoms with E-state index in [4.69, 9.17) is 5.11 Å². The van der Waals surface area contributed by atoms with E-state index in [2.05, 4.69) is 19.9 Å². The van der Waals surface area contributed by atoms with Crippen LogP contribution >= 0.6 is 0 Å². The van der Waals surface area contributed by atoms with Crippen LogP contribution in [0.3, 0.4) is 0 Å². The monoisotopic (exact) mass is 338 g/mol. The van der Waals surface area contributed by atoms with Gasteiger partial charge in [-0.25, -0.2) is 0 Å². The summed E-state index contributed by atoms with van der Waals surface area (Å²) >= 11 is 0. The largest absolute Gasteiger partial charge is 0.396 e. The zero-order chi connectivity index (χ0) is 17.8. The van der Waals surface area contributed by atoms with Crippen molar-refractivity contribution in [1.82, 2.24) is 0 Å². The first kappa shape index (κ1) is 21.4. The fourth-order valence-corrected chi connectivity index (χ4v) is 3.84. The van der Waals surface area contributed by atoms with Crippen molar-refractivity contribution in [3.8, 4) is 0 Å². The van der Waals surface area contributed by atoms with E-state index in [1.807, 2.05) is 0 Å². The van der Waals surface area contributed by atoms with E-state index >= 15 is 0 Å². The molecule has 0 aromatic heterocycles. The molecule has 2 N–H and O–H groups in total. The smallest absolute Gasteiger partial charge is 0.155 e. The van der Waals surface area contributed by atoms with E-state index in [-0.39, 0.29) is 17.8 Å². The van der Waals surface area contributed by atoms with Crippen LogP contribution in [0, 0.1) is 17.8 Å². The highest BCUT2D eigenvalue weighted by Crippen LogP contribution is 2.40. The Labute approximate surface area is 148 Å². The van der Waals surface area contributed by atoms with Crippen molar-refractivity contribution in [3.05, 3.63) is 12.2 Å². The normalized spacial score (nSPS) is 27.2. The van der Waals surface area contributed by atoms with Gasteiger partial charge in [-0.2, -0.15) is 0 Å². The summed E-state index contributed by atoms with van der Waals surface area (Å²) in [6.45, 7) is 4.56. The van der Waals surface area contributed by atoms with Crippen molar-refractivity contribution in [2.24, 2.45) is 17.8 Å². The number of carbonyl (C=O) groups excluding carboxylic acids is 1. The number of aliphatic hydroxyl groups is 2. The molecule has 0 amide bonds. The van der Waals surface area contributed by atoms with Crippen molar-refractivity contribution in [3.63, 3.8) is 0 Å². The molecule has 0 aliphatic heterocycles. The maximum atomic E-state index is 11.9. The highest BCUT2D eigenvalue weighted by molar-refractivity contribution is 5.89. The summed E-state index contributed by atoms with van der Waals surface area (Å²) in [4.78, 5) is 11.9. The quantitative estimate of drug-likeness (QED) is 0.379. The van der Waals surface area contributed by atoms with Crippen molar-refractivity contribution < 1.29 is 15.0 Å². The van der Waals surface area contributed by atoms with E-state index in [0.717, 1.165) is 51.4 Å². The first-order valence-electron chi connectivity index (χ1n) is 10.1. The summed E-state index contributed by atoms with van der Waals surface area (Å²) in [5.74, 6) is 1.21. The Morgan fingerprint density at radius 2 is 1.79 bits per heavy atom. The van der Waals surface area contributed by atoms with Gasteiger partial charge in [-0.1, -0.05) is 58.4 Å². The minimum atomic E-state index is -0.229. The molecule has 3 nitrogen and oxygen atoms in total. The van der Waals surface area contributed by atoms with Crippen LogP contribution in [-0.2, 0) is 4.79 Å². The van der Waals surface area contributed by atoms with Gasteiger partial charge in [0, 0.05) is 13.0 Å². The average molecular weight is 339 g/mol. The van der Waals surface area contributed by atoms with E-state index in [1.54, 1.807) is 6.08 Å². The van der Waals surface area contributed by atoms with Gasteiger partial charge >= 0.3 is 0 Å². The second-order valence-corrected chi connectivity index (χ2v) is 7.57. The summed E-state index contributed by atoms with van der Waals surface area (Å²) < 4.78 is 0. The van der Waals surface area contributed by atoms with Gasteiger partial charge in [-0.05, 0) is 49.5 Å². The van der Waals surface area contributed by atoms with Crippen molar-refractivity contribution in [2.45, 2.75) is 90.6 Å². The molecule has 1 aliphatic rings. The van der Waals surface area contributed by atoms with Crippen LogP contribution in [0.15, 0.2) is 12.2 Å². The predicted octanol–water partition coefficient (Wildman–Crippen LogP) is 4.66. The van der Waals surface area contributed by atoms with E-state index in [9.17, 15) is 9.90 Å². The Hall–Kier alpha value is -0.670. The van der Waals surface area contributed by atoms with Gasteiger partial charge in [0.2, 0.25) is 0 Å².